The van der Waals surface area contributed by atoms with Crippen LogP contribution in [0, 0.1) is 11.3 Å². The lowest BCUT2D eigenvalue weighted by Crippen LogP contribution is -2.73. The molecule has 0 aliphatic heterocycles. The summed E-state index contributed by atoms with van der Waals surface area (Å²) in [6, 6.07) is 0. The van der Waals surface area contributed by atoms with Crippen molar-refractivity contribution in [3.05, 3.63) is 23.4 Å². The molecule has 0 heterocycles. The summed E-state index contributed by atoms with van der Waals surface area (Å²) in [6.07, 6.45) is 4.40. The molecule has 2 unspecified atom stereocenters. The lowest BCUT2D eigenvalue weighted by Gasteiger charge is -2.50. The summed E-state index contributed by atoms with van der Waals surface area (Å²) < 4.78 is 0. The molecule has 6 heteroatoms. The Morgan fingerprint density at radius 3 is 2.53 bits per heavy atom. The van der Waals surface area contributed by atoms with Crippen LogP contribution in [0.4, 0.5) is 0 Å². The van der Waals surface area contributed by atoms with Crippen molar-refractivity contribution in [2.24, 2.45) is 28.9 Å². The predicted molar refractivity (Wildman–Crippen MR) is 67.9 cm³/mol. The summed E-state index contributed by atoms with van der Waals surface area (Å²) in [5.74, 6) is -0.249. The summed E-state index contributed by atoms with van der Waals surface area (Å²) in [5, 5.41) is 10.9. The van der Waals surface area contributed by atoms with Crippen molar-refractivity contribution in [1.29, 1.82) is 5.41 Å². The third-order valence-corrected chi connectivity index (χ3v) is 3.54. The molecule has 17 heavy (non-hydrogen) atoms. The van der Waals surface area contributed by atoms with Crippen LogP contribution >= 0.6 is 0 Å². The van der Waals surface area contributed by atoms with Gasteiger partial charge in [-0.1, -0.05) is 0 Å². The van der Waals surface area contributed by atoms with Gasteiger partial charge in [0.15, 0.2) is 0 Å². The fraction of sp³-hybridized carbons (Fsp3) is 0.545. The minimum atomic E-state index is -0.983. The number of rotatable bonds is 1. The third kappa shape index (κ3) is 1.89. The minimum Gasteiger partial charge on any atom is -0.402 e. The Bertz CT molecular complexity index is 422. The molecule has 0 bridgehead atoms. The molecular formula is C11H20N6. The van der Waals surface area contributed by atoms with Crippen molar-refractivity contribution >= 4 is 5.71 Å². The molecule has 6 nitrogen and oxygen atoms in total. The molecule has 0 amide bonds. The van der Waals surface area contributed by atoms with Gasteiger partial charge in [0.2, 0.25) is 0 Å². The lowest BCUT2D eigenvalue weighted by atomic mass is 9.67. The quantitative estimate of drug-likeness (QED) is 0.314. The zero-order valence-corrected chi connectivity index (χ0v) is 9.96. The van der Waals surface area contributed by atoms with E-state index in [2.05, 4.69) is 5.32 Å². The molecule has 94 valence electrons. The number of nitrogens with one attached hydrogen (secondary N) is 2. The van der Waals surface area contributed by atoms with Crippen LogP contribution in [-0.2, 0) is 0 Å². The molecule has 0 aromatic carbocycles. The van der Waals surface area contributed by atoms with Crippen molar-refractivity contribution in [2.45, 2.75) is 24.2 Å². The Morgan fingerprint density at radius 1 is 1.29 bits per heavy atom. The van der Waals surface area contributed by atoms with Crippen LogP contribution in [0.25, 0.3) is 0 Å². The van der Waals surface area contributed by atoms with E-state index in [-0.39, 0.29) is 5.92 Å². The Balaban J connectivity index is 2.56. The highest BCUT2D eigenvalue weighted by Gasteiger charge is 2.50. The number of hydrogen-bond acceptors (Lipinski definition) is 6. The van der Waals surface area contributed by atoms with Gasteiger partial charge in [-0.25, -0.2) is 0 Å². The zero-order valence-electron chi connectivity index (χ0n) is 9.96. The Labute approximate surface area is 101 Å². The van der Waals surface area contributed by atoms with E-state index in [9.17, 15) is 0 Å². The van der Waals surface area contributed by atoms with Crippen molar-refractivity contribution in [3.8, 4) is 0 Å². The number of nitrogens with two attached hydrogens (primary N) is 4. The first-order valence-electron chi connectivity index (χ1n) is 5.59. The average Bonchev–Trinajstić information content (AvgIpc) is 2.13. The van der Waals surface area contributed by atoms with E-state index in [1.807, 2.05) is 6.08 Å². The standard InChI is InChI=1S/C11H20N6/c1-17-11(16)5-8(13)3-6-2-7(12)4-10(14,15)9(6)11/h2-3,9,13,17H,4-5,12,14-16H2,1H3. The van der Waals surface area contributed by atoms with Gasteiger partial charge in [0, 0.05) is 30.2 Å². The van der Waals surface area contributed by atoms with E-state index >= 15 is 0 Å². The lowest BCUT2D eigenvalue weighted by molar-refractivity contribution is 0.160. The maximum Gasteiger partial charge on any atom is 0.0817 e. The summed E-state index contributed by atoms with van der Waals surface area (Å²) in [5.41, 5.74) is 24.6. The Kier molecular flexibility index (Phi) is 2.62. The highest BCUT2D eigenvalue weighted by atomic mass is 15.1. The third-order valence-electron chi connectivity index (χ3n) is 3.54. The smallest absolute Gasteiger partial charge is 0.0817 e. The van der Waals surface area contributed by atoms with Gasteiger partial charge in [-0.05, 0) is 24.8 Å². The summed E-state index contributed by atoms with van der Waals surface area (Å²) in [6.45, 7) is 0. The molecular weight excluding hydrogens is 216 g/mol. The molecule has 2 atom stereocenters. The van der Waals surface area contributed by atoms with E-state index in [4.69, 9.17) is 28.3 Å². The van der Waals surface area contributed by atoms with Gasteiger partial charge in [0.1, 0.15) is 0 Å². The molecule has 0 fully saturated rings. The van der Waals surface area contributed by atoms with Crippen LogP contribution in [0.5, 0.6) is 0 Å². The maximum absolute atomic E-state index is 7.82. The molecule has 2 aliphatic carbocycles. The highest BCUT2D eigenvalue weighted by Crippen LogP contribution is 2.40. The molecule has 2 aliphatic rings. The molecule has 0 aromatic heterocycles. The van der Waals surface area contributed by atoms with Crippen LogP contribution in [0.15, 0.2) is 23.4 Å². The number of fused-ring (bicyclic) bond motifs is 1. The number of allylic oxidation sites excluding steroid dienone is 2. The van der Waals surface area contributed by atoms with Gasteiger partial charge in [0.05, 0.1) is 11.3 Å². The van der Waals surface area contributed by atoms with Gasteiger partial charge >= 0.3 is 0 Å². The molecule has 0 spiro atoms. The highest BCUT2D eigenvalue weighted by molar-refractivity contribution is 5.95. The van der Waals surface area contributed by atoms with E-state index in [0.29, 0.717) is 24.3 Å². The average molecular weight is 236 g/mol. The zero-order chi connectivity index (χ0) is 12.8. The second kappa shape index (κ2) is 3.64. The number of hydrogen-bond donors (Lipinski definition) is 6. The molecule has 0 radical (unpaired) electrons. The summed E-state index contributed by atoms with van der Waals surface area (Å²) >= 11 is 0. The van der Waals surface area contributed by atoms with E-state index < -0.39 is 11.3 Å². The SMILES string of the molecule is CNC1(N)CC(=N)C=C2C=C(N)CC(N)(N)C21. The molecule has 2 rings (SSSR count). The van der Waals surface area contributed by atoms with Gasteiger partial charge in [0.25, 0.3) is 0 Å². The topological polar surface area (TPSA) is 140 Å². The van der Waals surface area contributed by atoms with E-state index in [0.717, 1.165) is 5.57 Å². The molecule has 0 aromatic rings. The van der Waals surface area contributed by atoms with Gasteiger partial charge in [-0.2, -0.15) is 0 Å². The second-order valence-electron chi connectivity index (χ2n) is 5.08. The van der Waals surface area contributed by atoms with Crippen LogP contribution in [0.2, 0.25) is 0 Å². The van der Waals surface area contributed by atoms with Gasteiger partial charge in [-0.15, -0.1) is 0 Å². The first kappa shape index (κ1) is 12.3. The first-order chi connectivity index (χ1) is 7.78. The van der Waals surface area contributed by atoms with Crippen LogP contribution in [0.3, 0.4) is 0 Å². The van der Waals surface area contributed by atoms with Gasteiger partial charge < -0.3 is 33.7 Å². The molecule has 10 N–H and O–H groups in total. The second-order valence-corrected chi connectivity index (χ2v) is 5.08. The van der Waals surface area contributed by atoms with Crippen molar-refractivity contribution in [3.63, 3.8) is 0 Å². The van der Waals surface area contributed by atoms with Gasteiger partial charge in [-0.3, -0.25) is 0 Å². The fourth-order valence-corrected chi connectivity index (χ4v) is 2.92. The Hall–Kier alpha value is -1.21. The Morgan fingerprint density at radius 2 is 1.94 bits per heavy atom. The fourth-order valence-electron chi connectivity index (χ4n) is 2.92. The molecule has 0 saturated carbocycles. The predicted octanol–water partition coefficient (Wildman–Crippen LogP) is -1.31. The van der Waals surface area contributed by atoms with Crippen LogP contribution in [-0.4, -0.2) is 24.1 Å². The van der Waals surface area contributed by atoms with Crippen molar-refractivity contribution < 1.29 is 0 Å². The summed E-state index contributed by atoms with van der Waals surface area (Å²) in [7, 11) is 1.76. The largest absolute Gasteiger partial charge is 0.402 e. The van der Waals surface area contributed by atoms with E-state index in [1.54, 1.807) is 13.1 Å². The maximum atomic E-state index is 7.82. The normalized spacial score (nSPS) is 36.0. The van der Waals surface area contributed by atoms with Crippen LogP contribution < -0.4 is 28.3 Å². The first-order valence-corrected chi connectivity index (χ1v) is 5.59. The molecule has 0 saturated heterocycles. The van der Waals surface area contributed by atoms with Crippen molar-refractivity contribution in [2.75, 3.05) is 7.05 Å². The van der Waals surface area contributed by atoms with E-state index in [1.165, 1.54) is 0 Å². The summed E-state index contributed by atoms with van der Waals surface area (Å²) in [4.78, 5) is 0. The van der Waals surface area contributed by atoms with Crippen molar-refractivity contribution in [1.82, 2.24) is 5.32 Å². The monoisotopic (exact) mass is 236 g/mol. The minimum absolute atomic E-state index is 0.249. The van der Waals surface area contributed by atoms with Crippen LogP contribution in [0.1, 0.15) is 12.8 Å².